The standard InChI is InChI=1S/C27H30N2O5/c1-5-34-23-9-7-6-8-22(23)28-27(30)29-15-14-19-16-24(32-3)25(33-4)17-21(19)26(29)18-10-12-20(31-2)13-11-18/h6-13,16-17,26H,5,14-15H2,1-4H3,(H,28,30). The number of fused-ring (bicyclic) bond motifs is 1. The summed E-state index contributed by atoms with van der Waals surface area (Å²) >= 11 is 0. The van der Waals surface area contributed by atoms with Gasteiger partial charge in [-0.25, -0.2) is 4.79 Å². The van der Waals surface area contributed by atoms with Crippen LogP contribution in [0, 0.1) is 0 Å². The molecule has 34 heavy (non-hydrogen) atoms. The number of urea groups is 1. The molecule has 3 aromatic rings. The largest absolute Gasteiger partial charge is 0.497 e. The lowest BCUT2D eigenvalue weighted by Gasteiger charge is -2.38. The number of rotatable bonds is 7. The molecule has 1 aliphatic rings. The Hall–Kier alpha value is -3.87. The van der Waals surface area contributed by atoms with Gasteiger partial charge >= 0.3 is 6.03 Å². The molecular formula is C27H30N2O5. The summed E-state index contributed by atoms with van der Waals surface area (Å²) in [6.07, 6.45) is 0.697. The second-order valence-corrected chi connectivity index (χ2v) is 7.88. The van der Waals surface area contributed by atoms with Gasteiger partial charge in [-0.05, 0) is 66.4 Å². The Balaban J connectivity index is 1.75. The van der Waals surface area contributed by atoms with Gasteiger partial charge in [0.25, 0.3) is 0 Å². The van der Waals surface area contributed by atoms with E-state index in [2.05, 4.69) is 5.32 Å². The van der Waals surface area contributed by atoms with Crippen molar-refractivity contribution < 1.29 is 23.7 Å². The topological polar surface area (TPSA) is 69.3 Å². The van der Waals surface area contributed by atoms with E-state index in [9.17, 15) is 4.79 Å². The lowest BCUT2D eigenvalue weighted by atomic mass is 9.87. The first-order valence-electron chi connectivity index (χ1n) is 11.3. The molecule has 0 spiro atoms. The molecule has 0 saturated carbocycles. The van der Waals surface area contributed by atoms with Crippen molar-refractivity contribution in [3.63, 3.8) is 0 Å². The number of nitrogens with zero attached hydrogens (tertiary/aromatic N) is 1. The van der Waals surface area contributed by atoms with Crippen LogP contribution in [0.4, 0.5) is 10.5 Å². The molecule has 0 radical (unpaired) electrons. The molecule has 0 fully saturated rings. The summed E-state index contributed by atoms with van der Waals surface area (Å²) in [5, 5.41) is 3.05. The smallest absolute Gasteiger partial charge is 0.322 e. The number of anilines is 1. The molecule has 1 N–H and O–H groups in total. The summed E-state index contributed by atoms with van der Waals surface area (Å²) in [5.74, 6) is 2.71. The van der Waals surface area contributed by atoms with Gasteiger partial charge in [-0.2, -0.15) is 0 Å². The molecule has 1 aliphatic heterocycles. The first kappa shape index (κ1) is 23.3. The van der Waals surface area contributed by atoms with Crippen molar-refractivity contribution in [1.82, 2.24) is 4.90 Å². The van der Waals surface area contributed by atoms with E-state index in [0.717, 1.165) is 22.4 Å². The van der Waals surface area contributed by atoms with Gasteiger partial charge in [0.05, 0.1) is 39.7 Å². The summed E-state index contributed by atoms with van der Waals surface area (Å²) in [5.41, 5.74) is 3.74. The molecular weight excluding hydrogens is 432 g/mol. The average molecular weight is 463 g/mol. The summed E-state index contributed by atoms with van der Waals surface area (Å²) in [6, 6.07) is 18.7. The minimum absolute atomic E-state index is 0.201. The highest BCUT2D eigenvalue weighted by Gasteiger charge is 2.33. The normalized spacial score (nSPS) is 14.7. The van der Waals surface area contributed by atoms with Crippen molar-refractivity contribution in [2.75, 3.05) is 39.8 Å². The highest BCUT2D eigenvalue weighted by atomic mass is 16.5. The SMILES string of the molecule is CCOc1ccccc1NC(=O)N1CCc2cc(OC)c(OC)cc2C1c1ccc(OC)cc1. The number of amides is 2. The summed E-state index contributed by atoms with van der Waals surface area (Å²) in [4.78, 5) is 15.4. The number of ether oxygens (including phenoxy) is 4. The minimum atomic E-state index is -0.311. The zero-order chi connectivity index (χ0) is 24.1. The number of carbonyl (C=O) groups is 1. The quantitative estimate of drug-likeness (QED) is 0.517. The molecule has 0 aromatic heterocycles. The monoisotopic (exact) mass is 462 g/mol. The van der Waals surface area contributed by atoms with E-state index in [-0.39, 0.29) is 12.1 Å². The number of carbonyl (C=O) groups excluding carboxylic acids is 1. The highest BCUT2D eigenvalue weighted by molar-refractivity contribution is 5.91. The maximum Gasteiger partial charge on any atom is 0.322 e. The van der Waals surface area contributed by atoms with Gasteiger partial charge in [0.2, 0.25) is 0 Å². The van der Waals surface area contributed by atoms with E-state index in [4.69, 9.17) is 18.9 Å². The van der Waals surface area contributed by atoms with Gasteiger partial charge in [-0.3, -0.25) is 0 Å². The third-order valence-corrected chi connectivity index (χ3v) is 5.99. The maximum atomic E-state index is 13.6. The van der Waals surface area contributed by atoms with Crippen LogP contribution >= 0.6 is 0 Å². The summed E-state index contributed by atoms with van der Waals surface area (Å²) in [6.45, 7) is 2.98. The van der Waals surface area contributed by atoms with Crippen LogP contribution in [0.3, 0.4) is 0 Å². The molecule has 1 atom stereocenters. The van der Waals surface area contributed by atoms with E-state index in [1.54, 1.807) is 21.3 Å². The second kappa shape index (κ2) is 10.4. The Kier molecular flexibility index (Phi) is 7.11. The van der Waals surface area contributed by atoms with E-state index < -0.39 is 0 Å². The zero-order valence-corrected chi connectivity index (χ0v) is 20.0. The van der Waals surface area contributed by atoms with Crippen LogP contribution in [-0.2, 0) is 6.42 Å². The molecule has 7 nitrogen and oxygen atoms in total. The Labute approximate surface area is 200 Å². The van der Waals surface area contributed by atoms with Crippen molar-refractivity contribution in [1.29, 1.82) is 0 Å². The van der Waals surface area contributed by atoms with Gasteiger partial charge < -0.3 is 29.2 Å². The highest BCUT2D eigenvalue weighted by Crippen LogP contribution is 2.41. The van der Waals surface area contributed by atoms with Crippen LogP contribution < -0.4 is 24.3 Å². The minimum Gasteiger partial charge on any atom is -0.497 e. The van der Waals surface area contributed by atoms with Crippen LogP contribution in [0.1, 0.15) is 29.7 Å². The predicted molar refractivity (Wildman–Crippen MR) is 131 cm³/mol. The number of hydrogen-bond acceptors (Lipinski definition) is 5. The average Bonchev–Trinajstić information content (AvgIpc) is 2.88. The van der Waals surface area contributed by atoms with Crippen molar-refractivity contribution in [3.05, 3.63) is 77.4 Å². The van der Waals surface area contributed by atoms with Crippen LogP contribution in [-0.4, -0.2) is 45.4 Å². The van der Waals surface area contributed by atoms with E-state index >= 15 is 0 Å². The second-order valence-electron chi connectivity index (χ2n) is 7.88. The lowest BCUT2D eigenvalue weighted by molar-refractivity contribution is 0.193. The first-order valence-corrected chi connectivity index (χ1v) is 11.3. The fourth-order valence-corrected chi connectivity index (χ4v) is 4.35. The summed E-state index contributed by atoms with van der Waals surface area (Å²) in [7, 11) is 4.88. The van der Waals surface area contributed by atoms with Crippen molar-refractivity contribution >= 4 is 11.7 Å². The first-order chi connectivity index (χ1) is 16.6. The Morgan fingerprint density at radius 1 is 0.941 bits per heavy atom. The third-order valence-electron chi connectivity index (χ3n) is 5.99. The number of nitrogens with one attached hydrogen (secondary N) is 1. The number of para-hydroxylation sites is 2. The molecule has 1 unspecified atom stereocenters. The van der Waals surface area contributed by atoms with E-state index in [0.29, 0.717) is 42.5 Å². The van der Waals surface area contributed by atoms with Gasteiger partial charge in [0.1, 0.15) is 11.5 Å². The number of hydrogen-bond donors (Lipinski definition) is 1. The van der Waals surface area contributed by atoms with Gasteiger partial charge in [-0.1, -0.05) is 24.3 Å². The molecule has 0 aliphatic carbocycles. The number of methoxy groups -OCH3 is 3. The van der Waals surface area contributed by atoms with Crippen LogP contribution in [0.25, 0.3) is 0 Å². The third kappa shape index (κ3) is 4.59. The van der Waals surface area contributed by atoms with Crippen LogP contribution in [0.15, 0.2) is 60.7 Å². The molecule has 178 valence electrons. The zero-order valence-electron chi connectivity index (χ0n) is 20.0. The lowest BCUT2D eigenvalue weighted by Crippen LogP contribution is -2.43. The van der Waals surface area contributed by atoms with Crippen LogP contribution in [0.2, 0.25) is 0 Å². The number of benzene rings is 3. The molecule has 0 saturated heterocycles. The fraction of sp³-hybridized carbons (Fsp3) is 0.296. The molecule has 4 rings (SSSR count). The predicted octanol–water partition coefficient (Wildman–Crippen LogP) is 5.29. The maximum absolute atomic E-state index is 13.6. The van der Waals surface area contributed by atoms with Crippen molar-refractivity contribution in [3.8, 4) is 23.0 Å². The van der Waals surface area contributed by atoms with E-state index in [1.165, 1.54) is 0 Å². The summed E-state index contributed by atoms with van der Waals surface area (Å²) < 4.78 is 22.1. The Morgan fingerprint density at radius 3 is 2.32 bits per heavy atom. The Bertz CT molecular complexity index is 1150. The van der Waals surface area contributed by atoms with Gasteiger partial charge in [-0.15, -0.1) is 0 Å². The van der Waals surface area contributed by atoms with Crippen molar-refractivity contribution in [2.45, 2.75) is 19.4 Å². The van der Waals surface area contributed by atoms with E-state index in [1.807, 2.05) is 72.5 Å². The fourth-order valence-electron chi connectivity index (χ4n) is 4.35. The molecule has 2 amide bonds. The van der Waals surface area contributed by atoms with Crippen LogP contribution in [0.5, 0.6) is 23.0 Å². The van der Waals surface area contributed by atoms with Gasteiger partial charge in [0, 0.05) is 6.54 Å². The van der Waals surface area contributed by atoms with Crippen molar-refractivity contribution in [2.24, 2.45) is 0 Å². The van der Waals surface area contributed by atoms with Gasteiger partial charge in [0.15, 0.2) is 11.5 Å². The molecule has 3 aromatic carbocycles. The Morgan fingerprint density at radius 2 is 1.65 bits per heavy atom. The molecule has 1 heterocycles. The molecule has 7 heteroatoms. The molecule has 0 bridgehead atoms.